The van der Waals surface area contributed by atoms with Crippen molar-refractivity contribution in [3.8, 4) is 0 Å². The number of nitrogens with zero attached hydrogens (tertiary/aromatic N) is 1. The number of hydrogen-bond donors (Lipinski definition) is 2. The second-order valence-electron chi connectivity index (χ2n) is 5.15. The Morgan fingerprint density at radius 1 is 1.48 bits per heavy atom. The second kappa shape index (κ2) is 6.03. The van der Waals surface area contributed by atoms with E-state index in [-0.39, 0.29) is 24.1 Å². The molecule has 1 saturated heterocycles. The Balaban J connectivity index is 1.98. The fourth-order valence-corrected chi connectivity index (χ4v) is 2.31. The minimum Gasteiger partial charge on any atom is -0.387 e. The molecule has 2 atom stereocenters. The van der Waals surface area contributed by atoms with Crippen molar-refractivity contribution in [3.05, 3.63) is 35.4 Å². The van der Waals surface area contributed by atoms with E-state index in [2.05, 4.69) is 5.32 Å². The first-order valence-corrected chi connectivity index (χ1v) is 6.62. The van der Waals surface area contributed by atoms with Crippen LogP contribution >= 0.6 is 0 Å². The van der Waals surface area contributed by atoms with Crippen molar-refractivity contribution < 1.29 is 23.1 Å². The predicted molar refractivity (Wildman–Crippen MR) is 70.4 cm³/mol. The lowest BCUT2D eigenvalue weighted by atomic mass is 10.1. The molecule has 0 saturated carbocycles. The summed E-state index contributed by atoms with van der Waals surface area (Å²) in [7, 11) is 1.69. The van der Waals surface area contributed by atoms with Crippen molar-refractivity contribution >= 4 is 5.91 Å². The molecular weight excluding hydrogens is 285 g/mol. The van der Waals surface area contributed by atoms with Gasteiger partial charge in [-0.15, -0.1) is 0 Å². The van der Waals surface area contributed by atoms with Crippen LogP contribution in [0.25, 0.3) is 0 Å². The maximum atomic E-state index is 12.6. The quantitative estimate of drug-likeness (QED) is 0.887. The van der Waals surface area contributed by atoms with E-state index in [0.29, 0.717) is 13.0 Å². The normalized spacial score (nSPS) is 20.9. The number of aliphatic hydroxyl groups is 1. The van der Waals surface area contributed by atoms with Crippen LogP contribution in [0.5, 0.6) is 0 Å². The van der Waals surface area contributed by atoms with Gasteiger partial charge in [-0.2, -0.15) is 13.2 Å². The van der Waals surface area contributed by atoms with Crippen molar-refractivity contribution in [2.24, 2.45) is 0 Å². The van der Waals surface area contributed by atoms with Crippen LogP contribution in [0.15, 0.2) is 24.3 Å². The van der Waals surface area contributed by atoms with Gasteiger partial charge in [-0.25, -0.2) is 0 Å². The van der Waals surface area contributed by atoms with Crippen molar-refractivity contribution in [1.29, 1.82) is 0 Å². The van der Waals surface area contributed by atoms with Gasteiger partial charge in [-0.1, -0.05) is 12.1 Å². The molecule has 2 rings (SSSR count). The van der Waals surface area contributed by atoms with Gasteiger partial charge in [0.05, 0.1) is 17.7 Å². The van der Waals surface area contributed by atoms with Crippen molar-refractivity contribution in [1.82, 2.24) is 10.2 Å². The molecule has 0 radical (unpaired) electrons. The molecule has 1 heterocycles. The van der Waals surface area contributed by atoms with E-state index in [4.69, 9.17) is 0 Å². The van der Waals surface area contributed by atoms with E-state index in [1.807, 2.05) is 0 Å². The van der Waals surface area contributed by atoms with Gasteiger partial charge in [-0.3, -0.25) is 4.79 Å². The summed E-state index contributed by atoms with van der Waals surface area (Å²) in [6, 6.07) is 4.20. The van der Waals surface area contributed by atoms with Gasteiger partial charge >= 0.3 is 6.18 Å². The predicted octanol–water partition coefficient (Wildman–Crippen LogP) is 1.56. The van der Waals surface area contributed by atoms with Crippen LogP contribution < -0.4 is 5.32 Å². The first kappa shape index (κ1) is 15.8. The Kier molecular flexibility index (Phi) is 4.53. The number of aliphatic hydroxyl groups excluding tert-OH is 1. The molecule has 116 valence electrons. The van der Waals surface area contributed by atoms with Gasteiger partial charge in [0.2, 0.25) is 5.91 Å². The monoisotopic (exact) mass is 302 g/mol. The van der Waals surface area contributed by atoms with Gasteiger partial charge in [0.15, 0.2) is 0 Å². The van der Waals surface area contributed by atoms with Crippen LogP contribution in [0.4, 0.5) is 13.2 Å². The standard InChI is InChI=1S/C14H17F3N2O2/c1-19-6-5-11(13(19)21)18-8-12(20)9-3-2-4-10(7-9)14(15,16)17/h2-4,7,11-12,18,20H,5-6,8H2,1H3. The molecule has 4 nitrogen and oxygen atoms in total. The molecule has 0 spiro atoms. The van der Waals surface area contributed by atoms with Gasteiger partial charge < -0.3 is 15.3 Å². The van der Waals surface area contributed by atoms with Crippen LogP contribution in [0.3, 0.4) is 0 Å². The average molecular weight is 302 g/mol. The summed E-state index contributed by atoms with van der Waals surface area (Å²) in [4.78, 5) is 13.3. The Hall–Kier alpha value is -1.60. The van der Waals surface area contributed by atoms with E-state index >= 15 is 0 Å². The fourth-order valence-electron chi connectivity index (χ4n) is 2.31. The molecule has 1 aromatic carbocycles. The topological polar surface area (TPSA) is 52.6 Å². The zero-order chi connectivity index (χ0) is 15.6. The molecule has 1 amide bonds. The first-order chi connectivity index (χ1) is 9.79. The third kappa shape index (κ3) is 3.74. The molecule has 0 aromatic heterocycles. The summed E-state index contributed by atoms with van der Waals surface area (Å²) in [5.74, 6) is -0.0637. The summed E-state index contributed by atoms with van der Waals surface area (Å²) < 4.78 is 37.8. The smallest absolute Gasteiger partial charge is 0.387 e. The first-order valence-electron chi connectivity index (χ1n) is 6.62. The van der Waals surface area contributed by atoms with Gasteiger partial charge in [0, 0.05) is 20.1 Å². The highest BCUT2D eigenvalue weighted by Crippen LogP contribution is 2.30. The van der Waals surface area contributed by atoms with E-state index in [1.54, 1.807) is 11.9 Å². The van der Waals surface area contributed by atoms with Crippen molar-refractivity contribution in [2.45, 2.75) is 24.7 Å². The van der Waals surface area contributed by atoms with Crippen molar-refractivity contribution in [2.75, 3.05) is 20.1 Å². The number of likely N-dealkylation sites (tertiary alicyclic amines) is 1. The Morgan fingerprint density at radius 3 is 2.76 bits per heavy atom. The van der Waals surface area contributed by atoms with E-state index < -0.39 is 17.8 Å². The molecule has 2 unspecified atom stereocenters. The molecule has 21 heavy (non-hydrogen) atoms. The van der Waals surface area contributed by atoms with E-state index in [0.717, 1.165) is 12.1 Å². The number of carbonyl (C=O) groups excluding carboxylic acids is 1. The Bertz CT molecular complexity index is 519. The lowest BCUT2D eigenvalue weighted by Gasteiger charge is -2.17. The number of carbonyl (C=O) groups is 1. The zero-order valence-corrected chi connectivity index (χ0v) is 11.5. The summed E-state index contributed by atoms with van der Waals surface area (Å²) in [6.07, 6.45) is -4.90. The van der Waals surface area contributed by atoms with Crippen LogP contribution in [-0.2, 0) is 11.0 Å². The van der Waals surface area contributed by atoms with Crippen LogP contribution in [0.2, 0.25) is 0 Å². The summed E-state index contributed by atoms with van der Waals surface area (Å²) in [5, 5.41) is 12.9. The fraction of sp³-hybridized carbons (Fsp3) is 0.500. The van der Waals surface area contributed by atoms with Crippen LogP contribution in [0.1, 0.15) is 23.7 Å². The molecular formula is C14H17F3N2O2. The molecule has 0 aliphatic carbocycles. The summed E-state index contributed by atoms with van der Waals surface area (Å²) >= 11 is 0. The number of benzene rings is 1. The van der Waals surface area contributed by atoms with E-state index in [1.165, 1.54) is 12.1 Å². The number of amides is 1. The zero-order valence-electron chi connectivity index (χ0n) is 11.5. The highest BCUT2D eigenvalue weighted by atomic mass is 19.4. The molecule has 1 fully saturated rings. The lowest BCUT2D eigenvalue weighted by molar-refractivity contribution is -0.137. The Labute approximate surface area is 120 Å². The highest BCUT2D eigenvalue weighted by Gasteiger charge is 2.31. The molecule has 1 aliphatic heterocycles. The number of rotatable bonds is 4. The number of alkyl halides is 3. The largest absolute Gasteiger partial charge is 0.416 e. The molecule has 2 N–H and O–H groups in total. The maximum Gasteiger partial charge on any atom is 0.416 e. The average Bonchev–Trinajstić information content (AvgIpc) is 2.75. The Morgan fingerprint density at radius 2 is 2.19 bits per heavy atom. The van der Waals surface area contributed by atoms with Crippen LogP contribution in [0, 0.1) is 0 Å². The minimum atomic E-state index is -4.44. The molecule has 0 bridgehead atoms. The summed E-state index contributed by atoms with van der Waals surface area (Å²) in [6.45, 7) is 0.668. The van der Waals surface area contributed by atoms with Gasteiger partial charge in [0.1, 0.15) is 0 Å². The minimum absolute atomic E-state index is 0.0333. The number of halogens is 3. The molecule has 1 aliphatic rings. The highest BCUT2D eigenvalue weighted by molar-refractivity contribution is 5.83. The van der Waals surface area contributed by atoms with Gasteiger partial charge in [0.25, 0.3) is 0 Å². The second-order valence-corrected chi connectivity index (χ2v) is 5.15. The maximum absolute atomic E-state index is 12.6. The summed E-state index contributed by atoms with van der Waals surface area (Å²) in [5.41, 5.74) is -0.619. The number of nitrogens with one attached hydrogen (secondary N) is 1. The van der Waals surface area contributed by atoms with Crippen molar-refractivity contribution in [3.63, 3.8) is 0 Å². The number of hydrogen-bond acceptors (Lipinski definition) is 3. The third-order valence-corrected chi connectivity index (χ3v) is 3.58. The van der Waals surface area contributed by atoms with E-state index in [9.17, 15) is 23.1 Å². The molecule has 1 aromatic rings. The SMILES string of the molecule is CN1CCC(NCC(O)c2cccc(C(F)(F)F)c2)C1=O. The van der Waals surface area contributed by atoms with Crippen LogP contribution in [-0.4, -0.2) is 42.1 Å². The lowest BCUT2D eigenvalue weighted by Crippen LogP contribution is -2.39. The number of likely N-dealkylation sites (N-methyl/N-ethyl adjacent to an activating group) is 1. The third-order valence-electron chi connectivity index (χ3n) is 3.58. The van der Waals surface area contributed by atoms with Gasteiger partial charge in [-0.05, 0) is 24.1 Å². The molecule has 7 heteroatoms.